The first kappa shape index (κ1) is 20.8. The Balaban J connectivity index is 1.88. The van der Waals surface area contributed by atoms with Gasteiger partial charge in [0, 0.05) is 26.2 Å². The van der Waals surface area contributed by atoms with Crippen molar-refractivity contribution in [2.75, 3.05) is 27.2 Å². The molecule has 1 N–H and O–H groups in total. The van der Waals surface area contributed by atoms with Crippen molar-refractivity contribution in [3.8, 4) is 5.88 Å². The van der Waals surface area contributed by atoms with Crippen LogP contribution in [0, 0.1) is 0 Å². The Labute approximate surface area is 160 Å². The lowest BCUT2D eigenvalue weighted by atomic mass is 10.1. The molecule has 1 aliphatic heterocycles. The number of aromatic nitrogens is 1. The van der Waals surface area contributed by atoms with Crippen molar-refractivity contribution >= 4 is 12.1 Å². The summed E-state index contributed by atoms with van der Waals surface area (Å²) < 4.78 is 10.5. The van der Waals surface area contributed by atoms with Gasteiger partial charge in [0.2, 0.25) is 5.88 Å². The number of hydrogen-bond donors (Lipinski definition) is 1. The number of likely N-dealkylation sites (tertiary alicyclic amines) is 1. The van der Waals surface area contributed by atoms with Crippen LogP contribution in [0.3, 0.4) is 0 Å². The van der Waals surface area contributed by atoms with Gasteiger partial charge in [-0.05, 0) is 39.7 Å². The molecule has 1 aliphatic rings. The normalized spacial score (nSPS) is 17.2. The molecule has 1 atom stereocenters. The zero-order chi connectivity index (χ0) is 20.0. The first-order chi connectivity index (χ1) is 12.7. The number of ether oxygens (including phenoxy) is 2. The van der Waals surface area contributed by atoms with Crippen molar-refractivity contribution in [3.05, 3.63) is 23.9 Å². The quantitative estimate of drug-likeness (QED) is 0.871. The van der Waals surface area contributed by atoms with Crippen LogP contribution in [-0.4, -0.2) is 65.8 Å². The predicted octanol–water partition coefficient (Wildman–Crippen LogP) is 2.63. The third kappa shape index (κ3) is 6.30. The van der Waals surface area contributed by atoms with Crippen LogP contribution in [0.4, 0.5) is 9.59 Å². The zero-order valence-corrected chi connectivity index (χ0v) is 16.8. The number of piperidine rings is 1. The molecular weight excluding hydrogens is 348 g/mol. The second-order valence-electron chi connectivity index (χ2n) is 7.66. The van der Waals surface area contributed by atoms with Crippen LogP contribution in [-0.2, 0) is 11.3 Å². The third-order valence-electron chi connectivity index (χ3n) is 4.32. The Kier molecular flexibility index (Phi) is 6.87. The average molecular weight is 378 g/mol. The predicted molar refractivity (Wildman–Crippen MR) is 102 cm³/mol. The van der Waals surface area contributed by atoms with Crippen molar-refractivity contribution < 1.29 is 19.1 Å². The fraction of sp³-hybridized carbons (Fsp3) is 0.632. The van der Waals surface area contributed by atoms with Gasteiger partial charge in [0.1, 0.15) is 5.60 Å². The number of hydrogen-bond acceptors (Lipinski definition) is 5. The van der Waals surface area contributed by atoms with Gasteiger partial charge in [-0.1, -0.05) is 6.07 Å². The van der Waals surface area contributed by atoms with E-state index in [0.29, 0.717) is 25.5 Å². The molecule has 1 fully saturated rings. The van der Waals surface area contributed by atoms with Gasteiger partial charge in [0.25, 0.3) is 0 Å². The number of methoxy groups -OCH3 is 1. The van der Waals surface area contributed by atoms with Gasteiger partial charge in [-0.15, -0.1) is 0 Å². The molecule has 1 aromatic rings. The minimum atomic E-state index is -0.541. The monoisotopic (exact) mass is 378 g/mol. The minimum absolute atomic E-state index is 0.0608. The van der Waals surface area contributed by atoms with Crippen LogP contribution >= 0.6 is 0 Å². The van der Waals surface area contributed by atoms with E-state index in [1.54, 1.807) is 30.0 Å². The molecule has 27 heavy (non-hydrogen) atoms. The van der Waals surface area contributed by atoms with E-state index in [2.05, 4.69) is 10.3 Å². The van der Waals surface area contributed by atoms with E-state index < -0.39 is 5.60 Å². The maximum absolute atomic E-state index is 12.5. The molecule has 0 radical (unpaired) electrons. The molecule has 150 valence electrons. The highest BCUT2D eigenvalue weighted by molar-refractivity contribution is 5.74. The minimum Gasteiger partial charge on any atom is -0.481 e. The molecule has 8 heteroatoms. The lowest BCUT2D eigenvalue weighted by Crippen LogP contribution is -2.53. The average Bonchev–Trinajstić information content (AvgIpc) is 2.64. The Morgan fingerprint density at radius 2 is 2.11 bits per heavy atom. The zero-order valence-electron chi connectivity index (χ0n) is 16.8. The van der Waals surface area contributed by atoms with Gasteiger partial charge >= 0.3 is 12.1 Å². The van der Waals surface area contributed by atoms with Crippen molar-refractivity contribution in [2.45, 2.75) is 51.8 Å². The molecule has 0 saturated carbocycles. The van der Waals surface area contributed by atoms with Gasteiger partial charge in [-0.3, -0.25) is 0 Å². The Bertz CT molecular complexity index is 659. The Morgan fingerprint density at radius 1 is 1.37 bits per heavy atom. The molecule has 8 nitrogen and oxygen atoms in total. The number of carbonyl (C=O) groups is 2. The van der Waals surface area contributed by atoms with Gasteiger partial charge in [0.05, 0.1) is 25.4 Å². The smallest absolute Gasteiger partial charge is 0.410 e. The van der Waals surface area contributed by atoms with E-state index >= 15 is 0 Å². The lowest BCUT2D eigenvalue weighted by molar-refractivity contribution is 0.0155. The van der Waals surface area contributed by atoms with Crippen LogP contribution in [0.15, 0.2) is 18.2 Å². The molecule has 3 amide bonds. The van der Waals surface area contributed by atoms with Gasteiger partial charge < -0.3 is 24.6 Å². The maximum atomic E-state index is 12.5. The summed E-state index contributed by atoms with van der Waals surface area (Å²) in [5.41, 5.74) is 0.183. The van der Waals surface area contributed by atoms with E-state index in [1.807, 2.05) is 32.9 Å². The third-order valence-corrected chi connectivity index (χ3v) is 4.32. The second kappa shape index (κ2) is 8.92. The summed E-state index contributed by atoms with van der Waals surface area (Å²) in [4.78, 5) is 32.4. The van der Waals surface area contributed by atoms with Crippen LogP contribution < -0.4 is 10.1 Å². The van der Waals surface area contributed by atoms with Crippen molar-refractivity contribution in [3.63, 3.8) is 0 Å². The molecule has 0 bridgehead atoms. The first-order valence-electron chi connectivity index (χ1n) is 9.18. The van der Waals surface area contributed by atoms with Crippen LogP contribution in [0.1, 0.15) is 39.3 Å². The summed E-state index contributed by atoms with van der Waals surface area (Å²) in [6.07, 6.45) is 1.31. The molecule has 2 rings (SSSR count). The summed E-state index contributed by atoms with van der Waals surface area (Å²) >= 11 is 0. The van der Waals surface area contributed by atoms with E-state index in [9.17, 15) is 9.59 Å². The van der Waals surface area contributed by atoms with Crippen molar-refractivity contribution in [1.82, 2.24) is 20.1 Å². The number of carbonyl (C=O) groups excluding carboxylic acids is 2. The summed E-state index contributed by atoms with van der Waals surface area (Å²) in [6.45, 7) is 6.98. The Hall–Kier alpha value is -2.51. The number of rotatable bonds is 4. The van der Waals surface area contributed by atoms with Crippen LogP contribution in [0.2, 0.25) is 0 Å². The number of pyridine rings is 1. The highest BCUT2D eigenvalue weighted by atomic mass is 16.6. The van der Waals surface area contributed by atoms with Crippen molar-refractivity contribution in [1.29, 1.82) is 0 Å². The largest absolute Gasteiger partial charge is 0.481 e. The summed E-state index contributed by atoms with van der Waals surface area (Å²) in [5.74, 6) is 0.513. The molecule has 0 aromatic carbocycles. The maximum Gasteiger partial charge on any atom is 0.410 e. The Morgan fingerprint density at radius 3 is 2.78 bits per heavy atom. The molecule has 1 saturated heterocycles. The van der Waals surface area contributed by atoms with Crippen LogP contribution in [0.5, 0.6) is 5.88 Å². The molecule has 0 aliphatic carbocycles. The molecule has 0 spiro atoms. The topological polar surface area (TPSA) is 84.0 Å². The molecule has 1 aromatic heterocycles. The highest BCUT2D eigenvalue weighted by Gasteiger charge is 2.30. The SMILES string of the molecule is COc1cccc(CNC(=O)N2CCC[C@H](N(C)C(=O)OC(C)(C)C)C2)n1. The van der Waals surface area contributed by atoms with Gasteiger partial charge in [0.15, 0.2) is 0 Å². The van der Waals surface area contributed by atoms with E-state index in [1.165, 1.54) is 0 Å². The second-order valence-corrected chi connectivity index (χ2v) is 7.66. The van der Waals surface area contributed by atoms with Crippen molar-refractivity contribution in [2.24, 2.45) is 0 Å². The molecule has 0 unspecified atom stereocenters. The van der Waals surface area contributed by atoms with E-state index in [0.717, 1.165) is 18.5 Å². The first-order valence-corrected chi connectivity index (χ1v) is 9.18. The van der Waals surface area contributed by atoms with Crippen LogP contribution in [0.25, 0.3) is 0 Å². The van der Waals surface area contributed by atoms with E-state index in [4.69, 9.17) is 9.47 Å². The molecule has 2 heterocycles. The number of likely N-dealkylation sites (N-methyl/N-ethyl adjacent to an activating group) is 1. The highest BCUT2D eigenvalue weighted by Crippen LogP contribution is 2.18. The lowest BCUT2D eigenvalue weighted by Gasteiger charge is -2.38. The number of amides is 3. The number of nitrogens with one attached hydrogen (secondary N) is 1. The van der Waals surface area contributed by atoms with Gasteiger partial charge in [-0.25, -0.2) is 14.6 Å². The summed E-state index contributed by atoms with van der Waals surface area (Å²) in [7, 11) is 3.28. The van der Waals surface area contributed by atoms with Gasteiger partial charge in [-0.2, -0.15) is 0 Å². The fourth-order valence-corrected chi connectivity index (χ4v) is 2.89. The fourth-order valence-electron chi connectivity index (χ4n) is 2.89. The number of nitrogens with zero attached hydrogens (tertiary/aromatic N) is 3. The van der Waals surface area contributed by atoms with E-state index in [-0.39, 0.29) is 18.2 Å². The number of urea groups is 1. The molecular formula is C19H30N4O4. The summed E-state index contributed by atoms with van der Waals surface area (Å²) in [5, 5.41) is 2.88. The summed E-state index contributed by atoms with van der Waals surface area (Å²) in [6, 6.07) is 5.20. The standard InChI is InChI=1S/C19H30N4O4/c1-19(2,3)27-18(25)22(4)15-9-7-11-23(13-15)17(24)20-12-14-8-6-10-16(21-14)26-5/h6,8,10,15H,7,9,11-13H2,1-5H3,(H,20,24)/t15-/m0/s1.